The maximum Gasteiger partial charge on any atom is 0.331 e. The molecule has 0 bridgehead atoms. The molecule has 0 unspecified atom stereocenters. The number of carbonyl (C=O) groups is 1. The van der Waals surface area contributed by atoms with Crippen molar-refractivity contribution in [2.24, 2.45) is 14.1 Å². The number of nitrogens with one attached hydrogen (secondary N) is 2. The first-order chi connectivity index (χ1) is 7.97. The number of urea groups is 1. The van der Waals surface area contributed by atoms with Crippen molar-refractivity contribution in [1.82, 2.24) is 19.2 Å². The first-order valence-corrected chi connectivity index (χ1v) is 5.76. The lowest BCUT2D eigenvalue weighted by Crippen LogP contribution is -2.38. The van der Waals surface area contributed by atoms with Crippen molar-refractivity contribution in [3.8, 4) is 0 Å². The first kappa shape index (κ1) is 13.4. The zero-order valence-corrected chi connectivity index (χ0v) is 10.6. The molecule has 0 spiro atoms. The minimum Gasteiger partial charge on any atom is -0.338 e. The highest BCUT2D eigenvalue weighted by atomic mass is 32.2. The van der Waals surface area contributed by atoms with E-state index in [1.165, 1.54) is 24.7 Å². The fourth-order valence-electron chi connectivity index (χ4n) is 1.11. The van der Waals surface area contributed by atoms with Crippen LogP contribution in [-0.4, -0.2) is 21.7 Å². The second kappa shape index (κ2) is 5.58. The van der Waals surface area contributed by atoms with Crippen LogP contribution in [0.15, 0.2) is 20.7 Å². The molecule has 8 heteroatoms. The summed E-state index contributed by atoms with van der Waals surface area (Å²) in [6.45, 7) is 2.29. The van der Waals surface area contributed by atoms with Gasteiger partial charge < -0.3 is 5.32 Å². The van der Waals surface area contributed by atoms with Crippen molar-refractivity contribution in [2.75, 3.05) is 6.54 Å². The van der Waals surface area contributed by atoms with Crippen molar-refractivity contribution in [2.45, 2.75) is 11.9 Å². The van der Waals surface area contributed by atoms with Crippen LogP contribution in [-0.2, 0) is 14.1 Å². The van der Waals surface area contributed by atoms with E-state index in [4.69, 9.17) is 0 Å². The number of hydrogen-bond acceptors (Lipinski definition) is 4. The lowest BCUT2D eigenvalue weighted by atomic mass is 10.6. The Labute approximate surface area is 102 Å². The van der Waals surface area contributed by atoms with Crippen molar-refractivity contribution >= 4 is 18.0 Å². The maximum absolute atomic E-state index is 11.6. The van der Waals surface area contributed by atoms with Crippen LogP contribution < -0.4 is 21.3 Å². The van der Waals surface area contributed by atoms with Gasteiger partial charge in [-0.05, 0) is 6.92 Å². The van der Waals surface area contributed by atoms with Gasteiger partial charge in [-0.15, -0.1) is 0 Å². The van der Waals surface area contributed by atoms with Crippen LogP contribution in [0.4, 0.5) is 4.79 Å². The lowest BCUT2D eigenvalue weighted by Gasteiger charge is -2.09. The van der Waals surface area contributed by atoms with Crippen LogP contribution in [0, 0.1) is 0 Å². The third kappa shape index (κ3) is 3.13. The summed E-state index contributed by atoms with van der Waals surface area (Å²) in [7, 11) is 2.93. The minimum atomic E-state index is -0.433. The van der Waals surface area contributed by atoms with E-state index >= 15 is 0 Å². The molecule has 2 N–H and O–H groups in total. The molecule has 94 valence electrons. The molecular weight excluding hydrogens is 244 g/mol. The molecule has 2 amide bonds. The van der Waals surface area contributed by atoms with Gasteiger partial charge in [0.05, 0.1) is 0 Å². The molecule has 0 aliphatic rings. The Morgan fingerprint density at radius 1 is 1.35 bits per heavy atom. The SMILES string of the molecule is CCNC(=O)NSc1cc(=O)n(C)c(=O)n1C. The highest BCUT2D eigenvalue weighted by Crippen LogP contribution is 2.08. The van der Waals surface area contributed by atoms with E-state index in [0.717, 1.165) is 16.5 Å². The number of aromatic nitrogens is 2. The Hall–Kier alpha value is -1.70. The average molecular weight is 258 g/mol. The van der Waals surface area contributed by atoms with Crippen LogP contribution in [0.25, 0.3) is 0 Å². The Kier molecular flexibility index (Phi) is 4.38. The van der Waals surface area contributed by atoms with Gasteiger partial charge in [0.1, 0.15) is 5.03 Å². The fraction of sp³-hybridized carbons (Fsp3) is 0.444. The molecule has 1 aromatic heterocycles. The summed E-state index contributed by atoms with van der Waals surface area (Å²) < 4.78 is 4.76. The monoisotopic (exact) mass is 258 g/mol. The molecule has 0 atom stereocenters. The van der Waals surface area contributed by atoms with Crippen LogP contribution in [0.1, 0.15) is 6.92 Å². The molecule has 1 aromatic rings. The zero-order valence-electron chi connectivity index (χ0n) is 9.81. The van der Waals surface area contributed by atoms with E-state index in [-0.39, 0.29) is 6.03 Å². The van der Waals surface area contributed by atoms with Crippen molar-refractivity contribution in [3.63, 3.8) is 0 Å². The highest BCUT2D eigenvalue weighted by Gasteiger charge is 2.07. The Bertz CT molecular complexity index is 534. The number of hydrogen-bond donors (Lipinski definition) is 2. The third-order valence-corrected chi connectivity index (χ3v) is 2.96. The van der Waals surface area contributed by atoms with Crippen molar-refractivity contribution in [3.05, 3.63) is 26.9 Å². The molecule has 0 aromatic carbocycles. The van der Waals surface area contributed by atoms with Gasteiger partial charge >= 0.3 is 11.7 Å². The zero-order chi connectivity index (χ0) is 13.0. The van der Waals surface area contributed by atoms with Gasteiger partial charge in [-0.2, -0.15) is 0 Å². The molecule has 0 aliphatic carbocycles. The Morgan fingerprint density at radius 2 is 2.00 bits per heavy atom. The van der Waals surface area contributed by atoms with E-state index < -0.39 is 11.2 Å². The second-order valence-corrected chi connectivity index (χ2v) is 4.11. The van der Waals surface area contributed by atoms with Gasteiger partial charge in [0.15, 0.2) is 0 Å². The molecule has 0 radical (unpaired) electrons. The smallest absolute Gasteiger partial charge is 0.331 e. The number of nitrogens with zero attached hydrogens (tertiary/aromatic N) is 2. The summed E-state index contributed by atoms with van der Waals surface area (Å²) in [4.78, 5) is 34.1. The summed E-state index contributed by atoms with van der Waals surface area (Å²) in [5.74, 6) is 0. The summed E-state index contributed by atoms with van der Waals surface area (Å²) in [6, 6.07) is 0.920. The third-order valence-electron chi connectivity index (χ3n) is 2.07. The molecule has 0 fully saturated rings. The quantitative estimate of drug-likeness (QED) is 0.560. The largest absolute Gasteiger partial charge is 0.338 e. The van der Waals surface area contributed by atoms with E-state index in [1.54, 1.807) is 6.92 Å². The van der Waals surface area contributed by atoms with Gasteiger partial charge in [-0.3, -0.25) is 18.7 Å². The van der Waals surface area contributed by atoms with E-state index in [9.17, 15) is 14.4 Å². The number of amides is 2. The molecule has 0 saturated carbocycles. The molecule has 0 aliphatic heterocycles. The van der Waals surface area contributed by atoms with Crippen LogP contribution in [0.5, 0.6) is 0 Å². The predicted molar refractivity (Wildman–Crippen MR) is 65.0 cm³/mol. The van der Waals surface area contributed by atoms with Gasteiger partial charge in [0, 0.05) is 38.7 Å². The molecule has 7 nitrogen and oxygen atoms in total. The van der Waals surface area contributed by atoms with E-state index in [1.807, 2.05) is 0 Å². The summed E-state index contributed by atoms with van der Waals surface area (Å²) in [6.07, 6.45) is 0. The van der Waals surface area contributed by atoms with Gasteiger partial charge in [0.25, 0.3) is 5.56 Å². The average Bonchev–Trinajstić information content (AvgIpc) is 2.30. The summed E-state index contributed by atoms with van der Waals surface area (Å²) in [5.41, 5.74) is -0.842. The van der Waals surface area contributed by atoms with Crippen LogP contribution in [0.2, 0.25) is 0 Å². The molecule has 0 saturated heterocycles. The van der Waals surface area contributed by atoms with Crippen molar-refractivity contribution in [1.29, 1.82) is 0 Å². The van der Waals surface area contributed by atoms with Gasteiger partial charge in [-0.25, -0.2) is 9.59 Å². The Balaban J connectivity index is 2.90. The second-order valence-electron chi connectivity index (χ2n) is 3.28. The normalized spacial score (nSPS) is 10.1. The predicted octanol–water partition coefficient (Wildman–Crippen LogP) is -0.590. The van der Waals surface area contributed by atoms with Gasteiger partial charge in [-0.1, -0.05) is 0 Å². The standard InChI is InChI=1S/C9H14N4O3S/c1-4-10-8(15)11-17-7-5-6(14)12(2)9(16)13(7)3/h5H,4H2,1-3H3,(H2,10,11,15). The summed E-state index contributed by atoms with van der Waals surface area (Å²) in [5, 5.41) is 2.91. The summed E-state index contributed by atoms with van der Waals surface area (Å²) >= 11 is 0.920. The molecule has 1 heterocycles. The highest BCUT2D eigenvalue weighted by molar-refractivity contribution is 7.97. The number of carbonyl (C=O) groups excluding carboxylic acids is 1. The molecular formula is C9H14N4O3S. The van der Waals surface area contributed by atoms with Crippen molar-refractivity contribution < 1.29 is 4.79 Å². The molecule has 17 heavy (non-hydrogen) atoms. The molecule has 1 rings (SSSR count). The first-order valence-electron chi connectivity index (χ1n) is 4.95. The van der Waals surface area contributed by atoms with E-state index in [0.29, 0.717) is 11.6 Å². The Morgan fingerprint density at radius 3 is 2.59 bits per heavy atom. The van der Waals surface area contributed by atoms with Gasteiger partial charge in [0.2, 0.25) is 0 Å². The van der Waals surface area contributed by atoms with Crippen LogP contribution in [0.3, 0.4) is 0 Å². The number of rotatable bonds is 3. The fourth-order valence-corrected chi connectivity index (χ4v) is 1.75. The van der Waals surface area contributed by atoms with Crippen LogP contribution >= 0.6 is 11.9 Å². The lowest BCUT2D eigenvalue weighted by molar-refractivity contribution is 0.247. The topological polar surface area (TPSA) is 85.1 Å². The van der Waals surface area contributed by atoms with E-state index in [2.05, 4.69) is 10.0 Å². The minimum absolute atomic E-state index is 0.370. The maximum atomic E-state index is 11.6.